The molecule has 2 amide bonds. The van der Waals surface area contributed by atoms with Gasteiger partial charge in [-0.3, -0.25) is 9.59 Å². The monoisotopic (exact) mass is 422 g/mol. The first kappa shape index (κ1) is 20.3. The minimum Gasteiger partial charge on any atom is -0.326 e. The van der Waals surface area contributed by atoms with Crippen molar-refractivity contribution < 1.29 is 22.4 Å². The number of nitrogens with one attached hydrogen (secondary N) is 2. The van der Waals surface area contributed by atoms with E-state index in [0.717, 1.165) is 4.90 Å². The highest BCUT2D eigenvalue weighted by molar-refractivity contribution is 8.01. The highest BCUT2D eigenvalue weighted by atomic mass is 32.2. The lowest BCUT2D eigenvalue weighted by atomic mass is 10.2. The van der Waals surface area contributed by atoms with Gasteiger partial charge in [-0.25, -0.2) is 12.8 Å². The van der Waals surface area contributed by atoms with Crippen LogP contribution in [0, 0.1) is 11.7 Å². The maximum Gasteiger partial charge on any atom is 0.237 e. The summed E-state index contributed by atoms with van der Waals surface area (Å²) in [6, 6.07) is 9.78. The zero-order chi connectivity index (χ0) is 20.5. The van der Waals surface area contributed by atoms with Crippen LogP contribution < -0.4 is 10.6 Å². The molecule has 148 valence electrons. The average molecular weight is 423 g/mol. The van der Waals surface area contributed by atoms with Crippen LogP contribution in [0.25, 0.3) is 0 Å². The van der Waals surface area contributed by atoms with Gasteiger partial charge in [0.05, 0.1) is 21.6 Å². The second-order valence-corrected chi connectivity index (χ2v) is 10.0. The molecule has 1 aliphatic rings. The normalized spacial score (nSPS) is 17.4. The minimum absolute atomic E-state index is 0.0446. The second-order valence-electron chi connectivity index (χ2n) is 6.59. The Bertz CT molecular complexity index is 1020. The third kappa shape index (κ3) is 4.53. The molecule has 0 bridgehead atoms. The van der Waals surface area contributed by atoms with Crippen molar-refractivity contribution in [1.29, 1.82) is 0 Å². The molecule has 2 atom stereocenters. The van der Waals surface area contributed by atoms with E-state index < -0.39 is 33.2 Å². The number of benzene rings is 2. The molecule has 0 unspecified atom stereocenters. The summed E-state index contributed by atoms with van der Waals surface area (Å²) in [5.41, 5.74) is 0.843. The first-order chi connectivity index (χ1) is 13.2. The Morgan fingerprint density at radius 2 is 1.93 bits per heavy atom. The fraction of sp³-hybridized carbons (Fsp3) is 0.263. The second kappa shape index (κ2) is 7.92. The van der Waals surface area contributed by atoms with Crippen molar-refractivity contribution in [2.24, 2.45) is 5.92 Å². The largest absolute Gasteiger partial charge is 0.326 e. The number of anilines is 2. The van der Waals surface area contributed by atoms with E-state index in [1.54, 1.807) is 13.0 Å². The lowest BCUT2D eigenvalue weighted by Gasteiger charge is -2.22. The number of hydrogen-bond acceptors (Lipinski definition) is 5. The van der Waals surface area contributed by atoms with E-state index >= 15 is 0 Å². The first-order valence-corrected chi connectivity index (χ1v) is 11.1. The Hall–Kier alpha value is -2.39. The summed E-state index contributed by atoms with van der Waals surface area (Å²) < 4.78 is 38.4. The number of carbonyl (C=O) groups excluding carboxylic acids is 2. The predicted molar refractivity (Wildman–Crippen MR) is 107 cm³/mol. The van der Waals surface area contributed by atoms with E-state index in [1.165, 1.54) is 55.1 Å². The van der Waals surface area contributed by atoms with Gasteiger partial charge in [-0.05, 0) is 49.4 Å². The SMILES string of the molecule is C[C@H](CS(=O)(=O)c1ccc2c(c1)NC(=O)[C@H](C)S2)C(=O)Nc1ccc(F)cc1. The third-order valence-corrected chi connectivity index (χ3v) is 7.36. The van der Waals surface area contributed by atoms with Crippen molar-refractivity contribution >= 4 is 44.8 Å². The molecule has 3 rings (SSSR count). The summed E-state index contributed by atoms with van der Waals surface area (Å²) >= 11 is 1.36. The van der Waals surface area contributed by atoms with Crippen LogP contribution in [0.15, 0.2) is 52.3 Å². The molecule has 0 fully saturated rings. The van der Waals surface area contributed by atoms with E-state index in [0.29, 0.717) is 11.4 Å². The highest BCUT2D eigenvalue weighted by Gasteiger charge is 2.27. The number of halogens is 1. The minimum atomic E-state index is -3.75. The van der Waals surface area contributed by atoms with Gasteiger partial charge < -0.3 is 10.6 Å². The topological polar surface area (TPSA) is 92.3 Å². The zero-order valence-corrected chi connectivity index (χ0v) is 16.9. The van der Waals surface area contributed by atoms with Crippen molar-refractivity contribution in [3.05, 3.63) is 48.3 Å². The molecule has 6 nitrogen and oxygen atoms in total. The molecule has 1 aliphatic heterocycles. The van der Waals surface area contributed by atoms with Crippen molar-refractivity contribution in [1.82, 2.24) is 0 Å². The molecular formula is C19H19FN2O4S2. The molecule has 0 aromatic heterocycles. The van der Waals surface area contributed by atoms with Crippen molar-refractivity contribution in [3.63, 3.8) is 0 Å². The molecule has 28 heavy (non-hydrogen) atoms. The van der Waals surface area contributed by atoms with Gasteiger partial charge in [0, 0.05) is 16.5 Å². The van der Waals surface area contributed by atoms with Gasteiger partial charge in [0.1, 0.15) is 5.82 Å². The standard InChI is InChI=1S/C19H19FN2O4S2/c1-11(18(23)21-14-5-3-13(20)4-6-14)10-28(25,26)15-7-8-17-16(9-15)22-19(24)12(2)27-17/h3-9,11-12H,10H2,1-2H3,(H,21,23)(H,22,24)/t11-,12+/m1/s1. The first-order valence-electron chi connectivity index (χ1n) is 8.56. The van der Waals surface area contributed by atoms with Crippen LogP contribution >= 0.6 is 11.8 Å². The molecule has 0 spiro atoms. The lowest BCUT2D eigenvalue weighted by molar-refractivity contribution is -0.119. The molecule has 0 saturated heterocycles. The van der Waals surface area contributed by atoms with E-state index in [4.69, 9.17) is 0 Å². The zero-order valence-electron chi connectivity index (χ0n) is 15.2. The molecule has 2 N–H and O–H groups in total. The van der Waals surface area contributed by atoms with Crippen LogP contribution in [-0.2, 0) is 19.4 Å². The Balaban J connectivity index is 1.72. The summed E-state index contributed by atoms with van der Waals surface area (Å²) in [5, 5.41) is 5.03. The predicted octanol–water partition coefficient (Wildman–Crippen LogP) is 3.31. The Morgan fingerprint density at radius 3 is 2.61 bits per heavy atom. The summed E-state index contributed by atoms with van der Waals surface area (Å²) in [7, 11) is -3.75. The molecule has 0 saturated carbocycles. The molecule has 1 heterocycles. The number of amides is 2. The summed E-state index contributed by atoms with van der Waals surface area (Å²) in [6.07, 6.45) is 0. The number of sulfone groups is 1. The van der Waals surface area contributed by atoms with Crippen LogP contribution in [0.5, 0.6) is 0 Å². The lowest BCUT2D eigenvalue weighted by Crippen LogP contribution is -2.28. The van der Waals surface area contributed by atoms with Crippen LogP contribution in [0.1, 0.15) is 13.8 Å². The van der Waals surface area contributed by atoms with Crippen LogP contribution in [0.3, 0.4) is 0 Å². The van der Waals surface area contributed by atoms with Gasteiger partial charge in [-0.1, -0.05) is 6.92 Å². The van der Waals surface area contributed by atoms with Crippen molar-refractivity contribution in [2.75, 3.05) is 16.4 Å². The van der Waals surface area contributed by atoms with E-state index in [9.17, 15) is 22.4 Å². The van der Waals surface area contributed by atoms with Gasteiger partial charge >= 0.3 is 0 Å². The van der Waals surface area contributed by atoms with Gasteiger partial charge in [-0.15, -0.1) is 11.8 Å². The molecule has 0 radical (unpaired) electrons. The van der Waals surface area contributed by atoms with Crippen LogP contribution in [0.2, 0.25) is 0 Å². The molecule has 9 heteroatoms. The third-order valence-electron chi connectivity index (χ3n) is 4.27. The van der Waals surface area contributed by atoms with Crippen molar-refractivity contribution in [2.45, 2.75) is 28.9 Å². The number of carbonyl (C=O) groups is 2. The van der Waals surface area contributed by atoms with Gasteiger partial charge in [-0.2, -0.15) is 0 Å². The number of hydrogen-bond donors (Lipinski definition) is 2. The van der Waals surface area contributed by atoms with E-state index in [-0.39, 0.29) is 16.1 Å². The number of thioether (sulfide) groups is 1. The molecule has 0 aliphatic carbocycles. The summed E-state index contributed by atoms with van der Waals surface area (Å²) in [6.45, 7) is 3.28. The number of rotatable bonds is 5. The molecule has 2 aromatic carbocycles. The van der Waals surface area contributed by atoms with Gasteiger partial charge in [0.15, 0.2) is 9.84 Å². The van der Waals surface area contributed by atoms with E-state index in [2.05, 4.69) is 10.6 Å². The Morgan fingerprint density at radius 1 is 1.25 bits per heavy atom. The molecular weight excluding hydrogens is 403 g/mol. The Labute approximate surface area is 166 Å². The summed E-state index contributed by atoms with van der Waals surface area (Å²) in [4.78, 5) is 25.0. The van der Waals surface area contributed by atoms with Gasteiger partial charge in [0.2, 0.25) is 11.8 Å². The fourth-order valence-corrected chi connectivity index (χ4v) is 5.19. The van der Waals surface area contributed by atoms with Crippen molar-refractivity contribution in [3.8, 4) is 0 Å². The maximum absolute atomic E-state index is 12.9. The highest BCUT2D eigenvalue weighted by Crippen LogP contribution is 2.37. The fourth-order valence-electron chi connectivity index (χ4n) is 2.68. The quantitative estimate of drug-likeness (QED) is 0.771. The van der Waals surface area contributed by atoms with E-state index in [1.807, 2.05) is 0 Å². The maximum atomic E-state index is 12.9. The summed E-state index contributed by atoms with van der Waals surface area (Å²) in [5.74, 6) is -2.31. The van der Waals surface area contributed by atoms with Crippen LogP contribution in [-0.4, -0.2) is 31.2 Å². The molecule has 2 aromatic rings. The van der Waals surface area contributed by atoms with Gasteiger partial charge in [0.25, 0.3) is 0 Å². The average Bonchev–Trinajstić information content (AvgIpc) is 2.63. The van der Waals surface area contributed by atoms with Crippen LogP contribution in [0.4, 0.5) is 15.8 Å². The smallest absolute Gasteiger partial charge is 0.237 e. The Kier molecular flexibility index (Phi) is 5.76. The number of fused-ring (bicyclic) bond motifs is 1.